The number of anilines is 1. The van der Waals surface area contributed by atoms with Crippen molar-refractivity contribution in [1.29, 1.82) is 0 Å². The van der Waals surface area contributed by atoms with Crippen molar-refractivity contribution in [1.82, 2.24) is 4.90 Å². The van der Waals surface area contributed by atoms with Crippen LogP contribution in [0.4, 0.5) is 18.9 Å². The number of halogens is 5. The highest BCUT2D eigenvalue weighted by atomic mass is 35.5. The van der Waals surface area contributed by atoms with Gasteiger partial charge in [-0.15, -0.1) is 13.2 Å². The number of nitrogens with two attached hydrogens (primary N) is 1. The van der Waals surface area contributed by atoms with Gasteiger partial charge in [0.15, 0.2) is 5.75 Å². The number of fused-ring (bicyclic) bond motifs is 1. The molecule has 0 spiro atoms. The zero-order valence-corrected chi connectivity index (χ0v) is 18.5. The highest BCUT2D eigenvalue weighted by Crippen LogP contribution is 2.39. The fraction of sp³-hybridized carbons (Fsp3) is 0.174. The number of hydrogen-bond donors (Lipinski definition) is 1. The lowest BCUT2D eigenvalue weighted by Crippen LogP contribution is -2.37. The molecule has 1 amide bonds. The maximum absolute atomic E-state index is 12.9. The Morgan fingerprint density at radius 1 is 0.970 bits per heavy atom. The topological polar surface area (TPSA) is 64.8 Å². The van der Waals surface area contributed by atoms with E-state index in [1.54, 1.807) is 23.1 Å². The molecular weight excluding hydrogens is 480 g/mol. The summed E-state index contributed by atoms with van der Waals surface area (Å²) in [5.74, 6) is 0.260. The van der Waals surface area contributed by atoms with E-state index in [9.17, 15) is 18.0 Å². The van der Waals surface area contributed by atoms with Gasteiger partial charge >= 0.3 is 6.36 Å². The van der Waals surface area contributed by atoms with Gasteiger partial charge in [0.25, 0.3) is 5.91 Å². The Kier molecular flexibility index (Phi) is 6.32. The highest BCUT2D eigenvalue weighted by Gasteiger charge is 2.31. The summed E-state index contributed by atoms with van der Waals surface area (Å²) >= 11 is 12.3. The van der Waals surface area contributed by atoms with Crippen molar-refractivity contribution < 1.29 is 27.4 Å². The summed E-state index contributed by atoms with van der Waals surface area (Å²) in [6.07, 6.45) is -4.17. The molecule has 0 unspecified atom stereocenters. The third kappa shape index (κ3) is 5.46. The van der Waals surface area contributed by atoms with Crippen LogP contribution in [0, 0.1) is 0 Å². The van der Waals surface area contributed by atoms with Gasteiger partial charge in [0, 0.05) is 24.3 Å². The number of nitrogen functional groups attached to an aromatic ring is 1. The molecule has 1 aliphatic heterocycles. The molecule has 0 aromatic heterocycles. The van der Waals surface area contributed by atoms with Gasteiger partial charge in [-0.05, 0) is 60.0 Å². The number of carbonyl (C=O) groups is 1. The lowest BCUT2D eigenvalue weighted by atomic mass is 9.98. The van der Waals surface area contributed by atoms with E-state index >= 15 is 0 Å². The van der Waals surface area contributed by atoms with Crippen molar-refractivity contribution >= 4 is 34.8 Å². The second-order valence-corrected chi connectivity index (χ2v) is 8.22. The van der Waals surface area contributed by atoms with Crippen LogP contribution >= 0.6 is 23.2 Å². The predicted molar refractivity (Wildman–Crippen MR) is 119 cm³/mol. The van der Waals surface area contributed by atoms with Crippen LogP contribution in [0.15, 0.2) is 54.6 Å². The van der Waals surface area contributed by atoms with E-state index in [1.807, 2.05) is 0 Å². The minimum absolute atomic E-state index is 0.179. The van der Waals surface area contributed by atoms with Crippen molar-refractivity contribution in [2.45, 2.75) is 19.3 Å². The van der Waals surface area contributed by atoms with Crippen molar-refractivity contribution in [3.63, 3.8) is 0 Å². The normalized spacial score (nSPS) is 13.6. The van der Waals surface area contributed by atoms with Crippen LogP contribution in [0.1, 0.15) is 21.5 Å². The first-order valence-electron chi connectivity index (χ1n) is 9.78. The molecule has 0 saturated carbocycles. The van der Waals surface area contributed by atoms with E-state index in [2.05, 4.69) is 4.74 Å². The van der Waals surface area contributed by atoms with Gasteiger partial charge in [-0.1, -0.05) is 35.3 Å². The lowest BCUT2D eigenvalue weighted by molar-refractivity contribution is -0.274. The Bertz CT molecular complexity index is 1180. The van der Waals surface area contributed by atoms with E-state index in [0.717, 1.165) is 5.56 Å². The number of ether oxygens (including phenoxy) is 2. The summed E-state index contributed by atoms with van der Waals surface area (Å²) in [5, 5.41) is 0.540. The number of hydrogen-bond acceptors (Lipinski definition) is 4. The second-order valence-electron chi connectivity index (χ2n) is 7.40. The molecule has 1 heterocycles. The quantitative estimate of drug-likeness (QED) is 0.411. The van der Waals surface area contributed by atoms with Gasteiger partial charge in [0.1, 0.15) is 11.5 Å². The van der Waals surface area contributed by atoms with Crippen LogP contribution in [0.5, 0.6) is 17.2 Å². The number of amides is 1. The fourth-order valence-corrected chi connectivity index (χ4v) is 4.12. The number of carbonyl (C=O) groups excluding carboxylic acids is 1. The molecule has 172 valence electrons. The molecule has 2 N–H and O–H groups in total. The summed E-state index contributed by atoms with van der Waals surface area (Å²) < 4.78 is 46.6. The Balaban J connectivity index is 1.46. The Morgan fingerprint density at radius 3 is 2.24 bits per heavy atom. The van der Waals surface area contributed by atoms with Crippen molar-refractivity contribution in [3.05, 3.63) is 81.3 Å². The van der Waals surface area contributed by atoms with Crippen LogP contribution in [0.25, 0.3) is 0 Å². The number of alkyl halides is 3. The molecular formula is C23H17Cl2F3N2O3. The standard InChI is InChI=1S/C23H17Cl2F3N2O3/c24-19-10-15(29)11-20(25)21(19)32-17-5-6-18-14(9-17)7-8-30(22(18)31)12-13-1-3-16(4-2-13)33-23(26,27)28/h1-6,9-11H,7-8,12,29H2. The minimum Gasteiger partial charge on any atom is -0.454 e. The average Bonchev–Trinajstić information content (AvgIpc) is 2.73. The lowest BCUT2D eigenvalue weighted by Gasteiger charge is -2.29. The van der Waals surface area contributed by atoms with Gasteiger partial charge in [-0.25, -0.2) is 0 Å². The molecule has 3 aromatic rings. The summed E-state index contributed by atoms with van der Waals surface area (Å²) in [4.78, 5) is 14.6. The molecule has 4 rings (SSSR count). The first-order chi connectivity index (χ1) is 15.6. The molecule has 33 heavy (non-hydrogen) atoms. The van der Waals surface area contributed by atoms with Crippen molar-refractivity contribution in [2.24, 2.45) is 0 Å². The molecule has 10 heteroatoms. The van der Waals surface area contributed by atoms with E-state index in [0.29, 0.717) is 35.5 Å². The zero-order valence-electron chi connectivity index (χ0n) is 17.0. The summed E-state index contributed by atoms with van der Waals surface area (Å²) in [7, 11) is 0. The average molecular weight is 497 g/mol. The maximum atomic E-state index is 12.9. The smallest absolute Gasteiger partial charge is 0.454 e. The molecule has 0 saturated heterocycles. The molecule has 3 aromatic carbocycles. The third-order valence-electron chi connectivity index (χ3n) is 5.02. The molecule has 5 nitrogen and oxygen atoms in total. The van der Waals surface area contributed by atoms with Crippen LogP contribution in [-0.2, 0) is 13.0 Å². The van der Waals surface area contributed by atoms with Crippen LogP contribution in [0.2, 0.25) is 10.0 Å². The largest absolute Gasteiger partial charge is 0.573 e. The number of benzene rings is 3. The molecule has 0 fully saturated rings. The third-order valence-corrected chi connectivity index (χ3v) is 5.58. The first kappa shape index (κ1) is 23.1. The van der Waals surface area contributed by atoms with E-state index in [4.69, 9.17) is 33.7 Å². The van der Waals surface area contributed by atoms with Gasteiger partial charge in [0.05, 0.1) is 10.0 Å². The predicted octanol–water partition coefficient (Wildman–Crippen LogP) is 6.47. The molecule has 1 aliphatic rings. The van der Waals surface area contributed by atoms with Gasteiger partial charge in [-0.2, -0.15) is 0 Å². The zero-order chi connectivity index (χ0) is 23.8. The maximum Gasteiger partial charge on any atom is 0.573 e. The summed E-state index contributed by atoms with van der Waals surface area (Å²) in [6, 6.07) is 13.6. The van der Waals surface area contributed by atoms with Crippen molar-refractivity contribution in [2.75, 3.05) is 12.3 Å². The van der Waals surface area contributed by atoms with E-state index in [-0.39, 0.29) is 34.0 Å². The Hall–Kier alpha value is -3.10. The number of nitrogens with zero attached hydrogens (tertiary/aromatic N) is 1. The SMILES string of the molecule is Nc1cc(Cl)c(Oc2ccc3c(c2)CCN(Cc2ccc(OC(F)(F)F)cc2)C3=O)c(Cl)c1. The monoisotopic (exact) mass is 496 g/mol. The summed E-state index contributed by atoms with van der Waals surface area (Å²) in [5.41, 5.74) is 8.15. The van der Waals surface area contributed by atoms with E-state index in [1.165, 1.54) is 36.4 Å². The van der Waals surface area contributed by atoms with Gasteiger partial charge < -0.3 is 20.1 Å². The van der Waals surface area contributed by atoms with Crippen LogP contribution < -0.4 is 15.2 Å². The summed E-state index contributed by atoms with van der Waals surface area (Å²) in [6.45, 7) is 0.707. The fourth-order valence-electron chi connectivity index (χ4n) is 3.54. The Morgan fingerprint density at radius 2 is 1.61 bits per heavy atom. The minimum atomic E-state index is -4.75. The number of rotatable bonds is 5. The highest BCUT2D eigenvalue weighted by molar-refractivity contribution is 6.37. The van der Waals surface area contributed by atoms with Crippen LogP contribution in [0.3, 0.4) is 0 Å². The molecule has 0 aliphatic carbocycles. The molecule has 0 bridgehead atoms. The van der Waals surface area contributed by atoms with Crippen molar-refractivity contribution in [3.8, 4) is 17.2 Å². The Labute approximate surface area is 197 Å². The van der Waals surface area contributed by atoms with Gasteiger partial charge in [0.2, 0.25) is 0 Å². The molecule has 0 radical (unpaired) electrons. The van der Waals surface area contributed by atoms with E-state index < -0.39 is 6.36 Å². The van der Waals surface area contributed by atoms with Crippen LogP contribution in [-0.4, -0.2) is 23.7 Å². The second kappa shape index (κ2) is 9.03. The first-order valence-corrected chi connectivity index (χ1v) is 10.5. The van der Waals surface area contributed by atoms with Gasteiger partial charge in [-0.3, -0.25) is 4.79 Å². The molecule has 0 atom stereocenters.